The molecule has 0 saturated carbocycles. The van der Waals surface area contributed by atoms with Gasteiger partial charge in [-0.1, -0.05) is 19.1 Å². The van der Waals surface area contributed by atoms with Crippen molar-refractivity contribution in [2.24, 2.45) is 5.92 Å². The Labute approximate surface area is 132 Å². The van der Waals surface area contributed by atoms with Gasteiger partial charge in [0.2, 0.25) is 5.91 Å². The Hall–Kier alpha value is -1.21. The molecule has 0 aromatic heterocycles. The smallest absolute Gasteiger partial charge is 0.331 e. The predicted octanol–water partition coefficient (Wildman–Crippen LogP) is 3.36. The number of amides is 1. The second-order valence-electron chi connectivity index (χ2n) is 5.36. The van der Waals surface area contributed by atoms with Gasteiger partial charge in [-0.3, -0.25) is 10.1 Å². The van der Waals surface area contributed by atoms with Gasteiger partial charge >= 0.3 is 6.18 Å². The largest absolute Gasteiger partial charge is 0.416 e. The fourth-order valence-corrected chi connectivity index (χ4v) is 3.52. The summed E-state index contributed by atoms with van der Waals surface area (Å²) in [7, 11) is 0. The highest BCUT2D eigenvalue weighted by Crippen LogP contribution is 2.30. The summed E-state index contributed by atoms with van der Waals surface area (Å²) in [5.74, 6) is 0.515. The highest BCUT2D eigenvalue weighted by molar-refractivity contribution is 7.99. The average molecular weight is 332 g/mol. The van der Waals surface area contributed by atoms with E-state index in [-0.39, 0.29) is 23.4 Å². The lowest BCUT2D eigenvalue weighted by molar-refractivity contribution is -0.137. The first-order valence-electron chi connectivity index (χ1n) is 7.15. The first kappa shape index (κ1) is 17.1. The van der Waals surface area contributed by atoms with Crippen molar-refractivity contribution in [2.45, 2.75) is 43.7 Å². The van der Waals surface area contributed by atoms with E-state index in [1.54, 1.807) is 0 Å². The first-order valence-corrected chi connectivity index (χ1v) is 8.20. The van der Waals surface area contributed by atoms with Crippen LogP contribution in [0.2, 0.25) is 0 Å². The van der Waals surface area contributed by atoms with Crippen molar-refractivity contribution < 1.29 is 18.0 Å². The number of benzene rings is 1. The third-order valence-corrected chi connectivity index (χ3v) is 4.85. The Balaban J connectivity index is 1.90. The zero-order chi connectivity index (χ0) is 16.3. The summed E-state index contributed by atoms with van der Waals surface area (Å²) < 4.78 is 37.5. The van der Waals surface area contributed by atoms with Gasteiger partial charge in [0.1, 0.15) is 5.50 Å². The summed E-state index contributed by atoms with van der Waals surface area (Å²) in [6.45, 7) is 3.94. The van der Waals surface area contributed by atoms with Gasteiger partial charge < -0.3 is 5.32 Å². The van der Waals surface area contributed by atoms with Crippen LogP contribution in [0, 0.1) is 5.92 Å². The molecule has 1 aromatic carbocycles. The quantitative estimate of drug-likeness (QED) is 0.888. The summed E-state index contributed by atoms with van der Waals surface area (Å²) >= 11 is 1.46. The molecule has 1 aromatic rings. The van der Waals surface area contributed by atoms with Gasteiger partial charge in [0, 0.05) is 11.8 Å². The fraction of sp³-hybridized carbons (Fsp3) is 0.533. The van der Waals surface area contributed by atoms with E-state index < -0.39 is 11.7 Å². The molecule has 0 aliphatic carbocycles. The summed E-state index contributed by atoms with van der Waals surface area (Å²) in [6, 6.07) is 5.19. The van der Waals surface area contributed by atoms with Gasteiger partial charge in [-0.15, -0.1) is 11.8 Å². The Kier molecular flexibility index (Phi) is 5.39. The van der Waals surface area contributed by atoms with Gasteiger partial charge in [0.15, 0.2) is 0 Å². The Morgan fingerprint density at radius 3 is 2.36 bits per heavy atom. The van der Waals surface area contributed by atoms with E-state index in [1.165, 1.54) is 23.9 Å². The van der Waals surface area contributed by atoms with Crippen LogP contribution in [0.25, 0.3) is 0 Å². The van der Waals surface area contributed by atoms with E-state index in [0.29, 0.717) is 5.75 Å². The van der Waals surface area contributed by atoms with Crippen LogP contribution in [-0.4, -0.2) is 17.4 Å². The number of halogens is 3. The number of carbonyl (C=O) groups excluding carboxylic acids is 1. The fourth-order valence-electron chi connectivity index (χ4n) is 2.46. The van der Waals surface area contributed by atoms with Gasteiger partial charge in [-0.05, 0) is 31.0 Å². The van der Waals surface area contributed by atoms with E-state index >= 15 is 0 Å². The molecule has 3 atom stereocenters. The monoisotopic (exact) mass is 332 g/mol. The molecule has 1 aliphatic heterocycles. The zero-order valence-corrected chi connectivity index (χ0v) is 13.2. The summed E-state index contributed by atoms with van der Waals surface area (Å²) in [4.78, 5) is 11.9. The molecule has 1 amide bonds. The summed E-state index contributed by atoms with van der Waals surface area (Å²) in [5, 5.41) is 6.19. The molecule has 122 valence electrons. The van der Waals surface area contributed by atoms with Gasteiger partial charge in [0.05, 0.1) is 11.5 Å². The molecule has 1 aliphatic rings. The normalized spacial score (nSPS) is 25.9. The van der Waals surface area contributed by atoms with E-state index in [9.17, 15) is 18.0 Å². The van der Waals surface area contributed by atoms with Crippen molar-refractivity contribution in [3.05, 3.63) is 35.4 Å². The van der Waals surface area contributed by atoms with Crippen LogP contribution < -0.4 is 10.6 Å². The second kappa shape index (κ2) is 6.91. The molecule has 1 heterocycles. The molecular formula is C15H19F3N2OS. The molecule has 0 bridgehead atoms. The topological polar surface area (TPSA) is 41.1 Å². The molecule has 3 unspecified atom stereocenters. The second-order valence-corrected chi connectivity index (χ2v) is 6.46. The molecule has 7 heteroatoms. The number of rotatable bonds is 4. The highest BCUT2D eigenvalue weighted by atomic mass is 32.2. The molecule has 0 radical (unpaired) electrons. The minimum Gasteiger partial charge on any atom is -0.331 e. The van der Waals surface area contributed by atoms with Crippen molar-refractivity contribution in [3.8, 4) is 0 Å². The van der Waals surface area contributed by atoms with Crippen molar-refractivity contribution in [1.29, 1.82) is 0 Å². The SMILES string of the molecule is CCC1C(=O)NC(SCc2ccc(C(F)(F)F)cc2)NC1C. The van der Waals surface area contributed by atoms with Crippen LogP contribution in [0.15, 0.2) is 24.3 Å². The molecule has 22 heavy (non-hydrogen) atoms. The number of alkyl halides is 3. The lowest BCUT2D eigenvalue weighted by Crippen LogP contribution is -2.58. The van der Waals surface area contributed by atoms with Crippen LogP contribution in [-0.2, 0) is 16.7 Å². The number of hydrogen-bond acceptors (Lipinski definition) is 3. The molecule has 0 spiro atoms. The molecule has 3 nitrogen and oxygen atoms in total. The third-order valence-electron chi connectivity index (χ3n) is 3.77. The van der Waals surface area contributed by atoms with Gasteiger partial charge in [0.25, 0.3) is 0 Å². The lowest BCUT2D eigenvalue weighted by atomic mass is 9.96. The molecule has 2 N–H and O–H groups in total. The number of carbonyl (C=O) groups is 1. The lowest BCUT2D eigenvalue weighted by Gasteiger charge is -2.34. The van der Waals surface area contributed by atoms with Crippen molar-refractivity contribution in [1.82, 2.24) is 10.6 Å². The number of nitrogens with one attached hydrogen (secondary N) is 2. The minimum absolute atomic E-state index is 0.0265. The molecule has 2 rings (SSSR count). The Bertz CT molecular complexity index is 519. The maximum atomic E-state index is 12.5. The zero-order valence-electron chi connectivity index (χ0n) is 12.4. The van der Waals surface area contributed by atoms with Gasteiger partial charge in [-0.25, -0.2) is 0 Å². The van der Waals surface area contributed by atoms with Crippen LogP contribution in [0.5, 0.6) is 0 Å². The summed E-state index contributed by atoms with van der Waals surface area (Å²) in [6.07, 6.45) is -3.54. The van der Waals surface area contributed by atoms with E-state index in [0.717, 1.165) is 24.1 Å². The van der Waals surface area contributed by atoms with Crippen LogP contribution in [0.1, 0.15) is 31.4 Å². The maximum Gasteiger partial charge on any atom is 0.416 e. The minimum atomic E-state index is -4.31. The van der Waals surface area contributed by atoms with Crippen molar-refractivity contribution in [2.75, 3.05) is 0 Å². The van der Waals surface area contributed by atoms with Crippen molar-refractivity contribution in [3.63, 3.8) is 0 Å². The standard InChI is InChI=1S/C15H19F3N2OS/c1-3-12-9(2)19-14(20-13(12)21)22-8-10-4-6-11(7-5-10)15(16,17)18/h4-7,9,12,14,19H,3,8H2,1-2H3,(H,20,21). The van der Waals surface area contributed by atoms with E-state index in [4.69, 9.17) is 0 Å². The highest BCUT2D eigenvalue weighted by Gasteiger charge is 2.32. The number of hydrogen-bond donors (Lipinski definition) is 2. The molecule has 1 fully saturated rings. The molecule has 1 saturated heterocycles. The Morgan fingerprint density at radius 1 is 1.23 bits per heavy atom. The third kappa shape index (κ3) is 4.16. The number of thioether (sulfide) groups is 1. The van der Waals surface area contributed by atoms with E-state index in [2.05, 4.69) is 10.6 Å². The molecular weight excluding hydrogens is 313 g/mol. The Morgan fingerprint density at radius 2 is 1.86 bits per heavy atom. The maximum absolute atomic E-state index is 12.5. The van der Waals surface area contributed by atoms with Crippen LogP contribution in [0.4, 0.5) is 13.2 Å². The van der Waals surface area contributed by atoms with Gasteiger partial charge in [-0.2, -0.15) is 13.2 Å². The van der Waals surface area contributed by atoms with Crippen molar-refractivity contribution >= 4 is 17.7 Å². The summed E-state index contributed by atoms with van der Waals surface area (Å²) in [5.41, 5.74) is -0.0725. The first-order chi connectivity index (χ1) is 10.3. The van der Waals surface area contributed by atoms with Crippen LogP contribution in [0.3, 0.4) is 0 Å². The van der Waals surface area contributed by atoms with E-state index in [1.807, 2.05) is 13.8 Å². The average Bonchev–Trinajstić information content (AvgIpc) is 2.44. The van der Waals surface area contributed by atoms with Crippen LogP contribution >= 0.6 is 11.8 Å². The predicted molar refractivity (Wildman–Crippen MR) is 81.0 cm³/mol.